The van der Waals surface area contributed by atoms with Crippen LogP contribution in [0, 0.1) is 0 Å². The summed E-state index contributed by atoms with van der Waals surface area (Å²) in [4.78, 5) is 15.1. The number of nitrogens with one attached hydrogen (secondary N) is 2. The van der Waals surface area contributed by atoms with Crippen LogP contribution in [0.3, 0.4) is 0 Å². The van der Waals surface area contributed by atoms with Gasteiger partial charge in [0, 0.05) is 30.4 Å². The van der Waals surface area contributed by atoms with Crippen LogP contribution >= 0.6 is 0 Å². The predicted molar refractivity (Wildman–Crippen MR) is 116 cm³/mol. The largest absolute Gasteiger partial charge is 0.497 e. The van der Waals surface area contributed by atoms with E-state index in [0.29, 0.717) is 22.7 Å². The number of benzene rings is 2. The Bertz CT molecular complexity index is 978. The quantitative estimate of drug-likeness (QED) is 0.651. The molecule has 7 heteroatoms. The van der Waals surface area contributed by atoms with Crippen LogP contribution in [0.5, 0.6) is 11.5 Å². The second-order valence-corrected chi connectivity index (χ2v) is 7.50. The van der Waals surface area contributed by atoms with Crippen LogP contribution in [-0.2, 0) is 0 Å². The highest BCUT2D eigenvalue weighted by molar-refractivity contribution is 6.05. The lowest BCUT2D eigenvalue weighted by molar-refractivity contribution is 0.102. The number of piperidine rings is 1. The third-order valence-corrected chi connectivity index (χ3v) is 5.37. The number of aromatic nitrogens is 2. The van der Waals surface area contributed by atoms with Gasteiger partial charge in [-0.05, 0) is 61.9 Å². The summed E-state index contributed by atoms with van der Waals surface area (Å²) in [5.41, 5.74) is 3.16. The van der Waals surface area contributed by atoms with Crippen molar-refractivity contribution in [3.63, 3.8) is 0 Å². The smallest absolute Gasteiger partial charge is 0.255 e. The van der Waals surface area contributed by atoms with Gasteiger partial charge < -0.3 is 19.7 Å². The number of nitrogens with zero attached hydrogens (tertiary/aromatic N) is 2. The lowest BCUT2D eigenvalue weighted by atomic mass is 10.1. The molecule has 0 radical (unpaired) electrons. The Morgan fingerprint density at radius 2 is 1.90 bits per heavy atom. The molecule has 1 aromatic heterocycles. The average molecular weight is 406 g/mol. The van der Waals surface area contributed by atoms with Gasteiger partial charge in [-0.15, -0.1) is 0 Å². The first kappa shape index (κ1) is 20.0. The second kappa shape index (κ2) is 9.00. The summed E-state index contributed by atoms with van der Waals surface area (Å²) in [6.45, 7) is 2.00. The minimum Gasteiger partial charge on any atom is -0.497 e. The summed E-state index contributed by atoms with van der Waals surface area (Å²) in [5, 5.41) is 9.86. The van der Waals surface area contributed by atoms with E-state index < -0.39 is 0 Å². The summed E-state index contributed by atoms with van der Waals surface area (Å²) in [6, 6.07) is 12.8. The van der Waals surface area contributed by atoms with Crippen LogP contribution in [0.15, 0.2) is 54.9 Å². The number of anilines is 1. The van der Waals surface area contributed by atoms with Gasteiger partial charge in [-0.2, -0.15) is 5.10 Å². The molecule has 2 heterocycles. The lowest BCUT2D eigenvalue weighted by Crippen LogP contribution is -2.35. The van der Waals surface area contributed by atoms with Crippen molar-refractivity contribution in [2.24, 2.45) is 0 Å². The number of methoxy groups -OCH3 is 1. The van der Waals surface area contributed by atoms with Crippen LogP contribution in [0.4, 0.5) is 5.69 Å². The molecule has 0 saturated carbocycles. The van der Waals surface area contributed by atoms with Gasteiger partial charge in [0.2, 0.25) is 0 Å². The molecule has 4 rings (SSSR count). The van der Waals surface area contributed by atoms with Gasteiger partial charge in [0.25, 0.3) is 5.91 Å². The predicted octanol–water partition coefficient (Wildman–Crippen LogP) is 3.81. The van der Waals surface area contributed by atoms with E-state index in [1.807, 2.05) is 24.4 Å². The Kier molecular flexibility index (Phi) is 5.99. The summed E-state index contributed by atoms with van der Waals surface area (Å²) in [5.74, 6) is 1.19. The van der Waals surface area contributed by atoms with Crippen molar-refractivity contribution in [1.29, 1.82) is 0 Å². The Labute approximate surface area is 176 Å². The molecule has 30 heavy (non-hydrogen) atoms. The second-order valence-electron chi connectivity index (χ2n) is 7.50. The van der Waals surface area contributed by atoms with Crippen molar-refractivity contribution in [2.45, 2.75) is 18.9 Å². The van der Waals surface area contributed by atoms with E-state index >= 15 is 0 Å². The molecule has 1 amide bonds. The summed E-state index contributed by atoms with van der Waals surface area (Å²) in [7, 11) is 3.72. The van der Waals surface area contributed by atoms with Crippen LogP contribution in [0.2, 0.25) is 0 Å². The van der Waals surface area contributed by atoms with Gasteiger partial charge in [0.1, 0.15) is 17.6 Å². The molecule has 2 N–H and O–H groups in total. The van der Waals surface area contributed by atoms with E-state index in [9.17, 15) is 4.79 Å². The SMILES string of the molecule is COc1ccc(C(=O)Nc2ccc(-c3cn[nH]c3)cc2OC2CCN(C)CC2)cc1. The number of ether oxygens (including phenoxy) is 2. The van der Waals surface area contributed by atoms with Gasteiger partial charge >= 0.3 is 0 Å². The molecule has 1 saturated heterocycles. The Hall–Kier alpha value is -3.32. The van der Waals surface area contributed by atoms with E-state index in [1.54, 1.807) is 37.6 Å². The molecular formula is C23H26N4O3. The van der Waals surface area contributed by atoms with Crippen molar-refractivity contribution in [1.82, 2.24) is 15.1 Å². The topological polar surface area (TPSA) is 79.5 Å². The summed E-state index contributed by atoms with van der Waals surface area (Å²) in [6.07, 6.45) is 5.64. The van der Waals surface area contributed by atoms with Gasteiger partial charge in [-0.1, -0.05) is 6.07 Å². The molecule has 0 unspecified atom stereocenters. The fourth-order valence-electron chi connectivity index (χ4n) is 3.53. The Balaban J connectivity index is 1.57. The zero-order chi connectivity index (χ0) is 20.9. The highest BCUT2D eigenvalue weighted by Gasteiger charge is 2.20. The van der Waals surface area contributed by atoms with E-state index in [1.165, 1.54) is 0 Å². The van der Waals surface area contributed by atoms with Crippen molar-refractivity contribution >= 4 is 11.6 Å². The van der Waals surface area contributed by atoms with E-state index in [2.05, 4.69) is 27.5 Å². The molecule has 1 aliphatic heterocycles. The number of H-pyrrole nitrogens is 1. The minimum atomic E-state index is -0.193. The van der Waals surface area contributed by atoms with Crippen LogP contribution in [0.1, 0.15) is 23.2 Å². The zero-order valence-corrected chi connectivity index (χ0v) is 17.2. The van der Waals surface area contributed by atoms with Gasteiger partial charge in [-0.3, -0.25) is 9.89 Å². The third-order valence-electron chi connectivity index (χ3n) is 5.37. The standard InChI is InChI=1S/C23H26N4O3/c1-27-11-9-20(10-12-27)30-22-13-17(18-14-24-25-15-18)5-8-21(22)26-23(28)16-3-6-19(29-2)7-4-16/h3-8,13-15,20H,9-12H2,1-2H3,(H,24,25)(H,26,28). The van der Waals surface area contributed by atoms with E-state index in [-0.39, 0.29) is 12.0 Å². The highest BCUT2D eigenvalue weighted by Crippen LogP contribution is 2.33. The van der Waals surface area contributed by atoms with E-state index in [0.717, 1.165) is 37.1 Å². The lowest BCUT2D eigenvalue weighted by Gasteiger charge is -2.30. The molecule has 0 atom stereocenters. The summed E-state index contributed by atoms with van der Waals surface area (Å²) >= 11 is 0. The van der Waals surface area contributed by atoms with Crippen molar-refractivity contribution in [3.05, 3.63) is 60.4 Å². The highest BCUT2D eigenvalue weighted by atomic mass is 16.5. The maximum absolute atomic E-state index is 12.8. The Morgan fingerprint density at radius 1 is 1.13 bits per heavy atom. The fraction of sp³-hybridized carbons (Fsp3) is 0.304. The number of carbonyl (C=O) groups excluding carboxylic acids is 1. The molecule has 156 valence electrons. The number of amides is 1. The molecule has 0 spiro atoms. The third kappa shape index (κ3) is 4.63. The first-order valence-corrected chi connectivity index (χ1v) is 10.1. The number of hydrogen-bond acceptors (Lipinski definition) is 5. The maximum Gasteiger partial charge on any atom is 0.255 e. The van der Waals surface area contributed by atoms with Crippen molar-refractivity contribution in [3.8, 4) is 22.6 Å². The number of hydrogen-bond donors (Lipinski definition) is 2. The van der Waals surface area contributed by atoms with Crippen LogP contribution in [0.25, 0.3) is 11.1 Å². The Morgan fingerprint density at radius 3 is 2.57 bits per heavy atom. The first-order chi connectivity index (χ1) is 14.6. The monoisotopic (exact) mass is 406 g/mol. The van der Waals surface area contributed by atoms with Crippen LogP contribution < -0.4 is 14.8 Å². The molecular weight excluding hydrogens is 380 g/mol. The summed E-state index contributed by atoms with van der Waals surface area (Å²) < 4.78 is 11.5. The fourth-order valence-corrected chi connectivity index (χ4v) is 3.53. The molecule has 1 aliphatic rings. The van der Waals surface area contributed by atoms with Gasteiger partial charge in [0.05, 0.1) is 19.0 Å². The minimum absolute atomic E-state index is 0.123. The normalized spacial score (nSPS) is 15.0. The maximum atomic E-state index is 12.8. The van der Waals surface area contributed by atoms with Crippen molar-refractivity contribution in [2.75, 3.05) is 32.6 Å². The molecule has 2 aromatic carbocycles. The van der Waals surface area contributed by atoms with Crippen LogP contribution in [-0.4, -0.2) is 54.4 Å². The van der Waals surface area contributed by atoms with Crippen molar-refractivity contribution < 1.29 is 14.3 Å². The number of rotatable bonds is 6. The van der Waals surface area contributed by atoms with Gasteiger partial charge in [-0.25, -0.2) is 0 Å². The molecule has 1 fully saturated rings. The first-order valence-electron chi connectivity index (χ1n) is 10.1. The number of aromatic amines is 1. The zero-order valence-electron chi connectivity index (χ0n) is 17.2. The van der Waals surface area contributed by atoms with E-state index in [4.69, 9.17) is 9.47 Å². The van der Waals surface area contributed by atoms with Gasteiger partial charge in [0.15, 0.2) is 0 Å². The number of likely N-dealkylation sites (tertiary alicyclic amines) is 1. The molecule has 0 aliphatic carbocycles. The number of carbonyl (C=O) groups is 1. The molecule has 3 aromatic rings. The molecule has 0 bridgehead atoms. The average Bonchev–Trinajstić information content (AvgIpc) is 3.31. The molecule has 7 nitrogen and oxygen atoms in total.